The molecule has 1 amide bonds. The molecule has 15 heteroatoms. The zero-order valence-electron chi connectivity index (χ0n) is 40.2. The maximum absolute atomic E-state index is 18.0. The molecule has 3 aliphatic carbocycles. The van der Waals surface area contributed by atoms with Crippen LogP contribution in [0.5, 0.6) is 11.6 Å². The van der Waals surface area contributed by atoms with Gasteiger partial charge in [-0.3, -0.25) is 19.4 Å². The molecule has 1 fully saturated rings. The van der Waals surface area contributed by atoms with E-state index in [1.165, 1.54) is 4.90 Å². The van der Waals surface area contributed by atoms with E-state index in [2.05, 4.69) is 18.3 Å². The van der Waals surface area contributed by atoms with E-state index in [9.17, 15) is 9.90 Å². The van der Waals surface area contributed by atoms with Gasteiger partial charge in [0.25, 0.3) is 5.88 Å². The summed E-state index contributed by atoms with van der Waals surface area (Å²) in [6.45, 7) is 28.8. The van der Waals surface area contributed by atoms with Crippen molar-refractivity contribution in [3.63, 3.8) is 0 Å². The van der Waals surface area contributed by atoms with Crippen LogP contribution in [0.3, 0.4) is 0 Å². The van der Waals surface area contributed by atoms with Crippen molar-refractivity contribution in [3.8, 4) is 11.6 Å². The largest absolute Gasteiger partial charge is 0.507 e. The Morgan fingerprint density at radius 2 is 1.64 bits per heavy atom. The van der Waals surface area contributed by atoms with Crippen LogP contribution in [0.15, 0.2) is 35.4 Å². The number of aromatic nitrogens is 1. The molecule has 1 unspecified atom stereocenters. The van der Waals surface area contributed by atoms with E-state index >= 15 is 14.0 Å². The van der Waals surface area contributed by atoms with Crippen molar-refractivity contribution >= 4 is 37.4 Å². The Balaban J connectivity index is 1.69. The van der Waals surface area contributed by atoms with Crippen molar-refractivity contribution in [1.29, 1.82) is 0 Å². The van der Waals surface area contributed by atoms with Gasteiger partial charge in [0, 0.05) is 48.3 Å². The van der Waals surface area contributed by atoms with Crippen LogP contribution >= 0.6 is 0 Å². The molecule has 352 valence electrons. The van der Waals surface area contributed by atoms with Crippen LogP contribution in [0.25, 0.3) is 5.76 Å². The number of fused-ring (bicyclic) bond motifs is 5. The fraction of sp³-hybridized carbons (Fsp3) is 0.633. The first kappa shape index (κ1) is 49.1. The molecule has 5 atom stereocenters. The summed E-state index contributed by atoms with van der Waals surface area (Å²) in [7, 11) is 0.666. The summed E-state index contributed by atoms with van der Waals surface area (Å²) in [5, 5.41) is 16.8. The molecule has 0 saturated heterocycles. The highest BCUT2D eigenvalue weighted by Gasteiger charge is 2.69. The molecule has 13 nitrogen and oxygen atoms in total. The first-order valence-corrected chi connectivity index (χ1v) is 25.9. The molecule has 0 bridgehead atoms. The quantitative estimate of drug-likeness (QED) is 0.0741. The molecule has 1 N–H and O–H groups in total. The molecule has 2 aromatic rings. The van der Waals surface area contributed by atoms with Crippen molar-refractivity contribution in [1.82, 2.24) is 15.0 Å². The van der Waals surface area contributed by atoms with Gasteiger partial charge in [0.05, 0.1) is 30.5 Å². The number of hydrogen-bond donors (Lipinski definition) is 1. The molecule has 0 spiro atoms. The topological polar surface area (TPSA) is 144 Å². The number of anilines is 1. The van der Waals surface area contributed by atoms with E-state index in [-0.39, 0.29) is 83.5 Å². The summed E-state index contributed by atoms with van der Waals surface area (Å²) in [6, 6.07) is -1.22. The summed E-state index contributed by atoms with van der Waals surface area (Å²) in [5.41, 5.74) is -2.45. The highest BCUT2D eigenvalue weighted by molar-refractivity contribution is 6.74. The average Bonchev–Trinajstić information content (AvgIpc) is 3.62. The summed E-state index contributed by atoms with van der Waals surface area (Å²) in [5.74, 6) is -3.74. The molecule has 1 aliphatic heterocycles. The van der Waals surface area contributed by atoms with Crippen molar-refractivity contribution in [2.75, 3.05) is 51.8 Å². The van der Waals surface area contributed by atoms with Crippen LogP contribution in [-0.4, -0.2) is 104 Å². The maximum Gasteiger partial charge on any atom is 0.414 e. The number of Topliss-reactive ketones (excluding diaryl/α,β-unsaturated/α-hetero) is 2. The lowest BCUT2D eigenvalue weighted by Gasteiger charge is -2.55. The van der Waals surface area contributed by atoms with Crippen molar-refractivity contribution in [2.24, 2.45) is 11.8 Å². The first-order chi connectivity index (χ1) is 30.0. The van der Waals surface area contributed by atoms with E-state index in [4.69, 9.17) is 23.2 Å². The maximum atomic E-state index is 18.0. The van der Waals surface area contributed by atoms with E-state index in [1.807, 2.05) is 71.6 Å². The lowest BCUT2D eigenvalue weighted by Crippen LogP contribution is -2.68. The Bertz CT molecular complexity index is 2180. The predicted molar refractivity (Wildman–Crippen MR) is 248 cm³/mol. The molecule has 1 aromatic carbocycles. The third-order valence-electron chi connectivity index (χ3n) is 13.7. The molecule has 64 heavy (non-hydrogen) atoms. The number of hydrogen-bond acceptors (Lipinski definition) is 12. The van der Waals surface area contributed by atoms with E-state index < -0.39 is 77.7 Å². The van der Waals surface area contributed by atoms with Crippen LogP contribution in [-0.2, 0) is 20.4 Å². The minimum atomic E-state index is -3.06. The number of ether oxygens (including phenoxy) is 3. The van der Waals surface area contributed by atoms with Gasteiger partial charge in [-0.15, -0.1) is 13.2 Å². The number of aliphatic hydroxyl groups excluding tert-OH is 1. The van der Waals surface area contributed by atoms with E-state index in [1.54, 1.807) is 32.9 Å². The first-order valence-electron chi connectivity index (χ1n) is 23.0. The number of nitrogens with zero attached hydrogens (tertiary/aromatic N) is 4. The Morgan fingerprint density at radius 1 is 1.02 bits per heavy atom. The van der Waals surface area contributed by atoms with Gasteiger partial charge in [0.1, 0.15) is 22.7 Å². The SMILES string of the molecule is C=CCN(CC=C)[C@@H]1c2onc(OCCCC)c2C(=O)[C@@]2(O[Si](C)(C)C(C)(C)C)C(=O)C3=C(O)c4c(c(F)c5c(c4OCCCC)N(C(=O)OC(C)(C)C)CCC5N(C)C)C[C@H]3C[C@@H]12. The third-order valence-corrected chi connectivity index (χ3v) is 18.1. The van der Waals surface area contributed by atoms with Gasteiger partial charge in [-0.05, 0) is 96.2 Å². The minimum Gasteiger partial charge on any atom is -0.507 e. The zero-order valence-corrected chi connectivity index (χ0v) is 41.2. The Morgan fingerprint density at radius 3 is 2.20 bits per heavy atom. The Hall–Kier alpha value is -4.31. The number of rotatable bonds is 16. The monoisotopic (exact) mass is 906 g/mol. The highest BCUT2D eigenvalue weighted by atomic mass is 28.4. The number of carbonyl (C=O) groups is 3. The molecule has 1 saturated carbocycles. The molecular weight excluding hydrogens is 836 g/mol. The number of halogens is 1. The number of carbonyl (C=O) groups excluding carboxylic acids is 3. The zero-order chi connectivity index (χ0) is 47.3. The van der Waals surface area contributed by atoms with Crippen LogP contribution in [0, 0.1) is 17.7 Å². The van der Waals surface area contributed by atoms with Gasteiger partial charge in [0.15, 0.2) is 25.4 Å². The smallest absolute Gasteiger partial charge is 0.414 e. The molecule has 6 rings (SSSR count). The fourth-order valence-corrected chi connectivity index (χ4v) is 11.1. The number of unbranched alkanes of at least 4 members (excludes halogenated alkanes) is 2. The van der Waals surface area contributed by atoms with Crippen molar-refractivity contribution in [3.05, 3.63) is 64.7 Å². The van der Waals surface area contributed by atoms with Gasteiger partial charge < -0.3 is 33.2 Å². The van der Waals surface area contributed by atoms with Gasteiger partial charge in [-0.25, -0.2) is 9.18 Å². The van der Waals surface area contributed by atoms with Gasteiger partial charge >= 0.3 is 6.09 Å². The lowest BCUT2D eigenvalue weighted by atomic mass is 9.57. The lowest BCUT2D eigenvalue weighted by molar-refractivity contribution is -0.141. The van der Waals surface area contributed by atoms with Crippen LogP contribution in [0.1, 0.15) is 139 Å². The number of ketones is 2. The molecule has 4 aliphatic rings. The molecular formula is C49H71FN4O9Si. The summed E-state index contributed by atoms with van der Waals surface area (Å²) < 4.78 is 50.1. The van der Waals surface area contributed by atoms with Crippen LogP contribution in [0.4, 0.5) is 14.9 Å². The molecule has 0 radical (unpaired) electrons. The minimum absolute atomic E-state index is 0.00143. The second kappa shape index (κ2) is 18.5. The predicted octanol–water partition coefficient (Wildman–Crippen LogP) is 10.3. The summed E-state index contributed by atoms with van der Waals surface area (Å²) in [6.07, 6.45) is 6.26. The standard InChI is InChI=1S/C49H71FN4O9Si/c1-15-19-25-59-41-34-30(37(50)35-32(52(11)12)21-24-54(39(35)41)46(58)61-47(5,6)7)27-29-28-31-38(53(22-17-3)23-18-4)42-36(45(51-62-42)60-26-20-16-2)44(57)49(31,43(56)33(29)40(34)55)63-64(13,14)48(8,9)10/h17-18,29,31-32,38,55H,3-4,15-16,19-28H2,1-2,5-14H3/t29-,31-,32?,38-,49-/m0/s1. The average molecular weight is 907 g/mol. The summed E-state index contributed by atoms with van der Waals surface area (Å²) in [4.78, 5) is 51.5. The summed E-state index contributed by atoms with van der Waals surface area (Å²) >= 11 is 0. The third kappa shape index (κ3) is 8.50. The van der Waals surface area contributed by atoms with Crippen LogP contribution in [0.2, 0.25) is 18.1 Å². The fourth-order valence-electron chi connectivity index (χ4n) is 9.64. The molecule has 1 aromatic heterocycles. The number of amides is 1. The Kier molecular flexibility index (Phi) is 14.2. The van der Waals surface area contributed by atoms with Crippen molar-refractivity contribution in [2.45, 2.75) is 142 Å². The molecule has 2 heterocycles. The second-order valence-corrected chi connectivity index (χ2v) is 25.3. The normalized spacial score (nSPS) is 23.3. The van der Waals surface area contributed by atoms with Gasteiger partial charge in [-0.2, -0.15) is 0 Å². The number of benzene rings is 1. The van der Waals surface area contributed by atoms with Crippen LogP contribution < -0.4 is 14.4 Å². The highest BCUT2D eigenvalue weighted by Crippen LogP contribution is 2.61. The van der Waals surface area contributed by atoms with Crippen molar-refractivity contribution < 1.29 is 47.0 Å². The Labute approximate surface area is 380 Å². The van der Waals surface area contributed by atoms with E-state index in [0.717, 1.165) is 12.8 Å². The second-order valence-electron chi connectivity index (χ2n) is 20.5. The number of aliphatic hydroxyl groups is 1. The van der Waals surface area contributed by atoms with E-state index in [0.29, 0.717) is 32.4 Å². The van der Waals surface area contributed by atoms with Gasteiger partial charge in [-0.1, -0.05) is 59.6 Å². The van der Waals surface area contributed by atoms with Gasteiger partial charge in [0.2, 0.25) is 11.6 Å².